The van der Waals surface area contributed by atoms with Crippen molar-refractivity contribution >= 4 is 17.4 Å². The van der Waals surface area contributed by atoms with Gasteiger partial charge < -0.3 is 10.0 Å². The van der Waals surface area contributed by atoms with E-state index in [1.165, 1.54) is 12.1 Å². The van der Waals surface area contributed by atoms with Crippen molar-refractivity contribution < 1.29 is 9.50 Å². The molecule has 0 aliphatic carbocycles. The lowest BCUT2D eigenvalue weighted by atomic mass is 10.1. The molecule has 1 aromatic carbocycles. The predicted molar refractivity (Wildman–Crippen MR) is 77.9 cm³/mol. The molecule has 102 valence electrons. The molecule has 0 saturated carbocycles. The van der Waals surface area contributed by atoms with Gasteiger partial charge in [-0.25, -0.2) is 4.39 Å². The molecule has 0 aromatic heterocycles. The van der Waals surface area contributed by atoms with E-state index in [9.17, 15) is 9.50 Å². The molecule has 2 atom stereocenters. The summed E-state index contributed by atoms with van der Waals surface area (Å²) in [5, 5.41) is 9.76. The van der Waals surface area contributed by atoms with Gasteiger partial charge in [0.15, 0.2) is 0 Å². The smallest absolute Gasteiger partial charge is 0.123 e. The number of aliphatic hydroxyl groups excluding tert-OH is 1. The molecular formula is C14H22FNOS. The van der Waals surface area contributed by atoms with E-state index in [-0.39, 0.29) is 5.82 Å². The summed E-state index contributed by atoms with van der Waals surface area (Å²) in [5.74, 6) is 0.713. The molecule has 0 aliphatic heterocycles. The first-order valence-corrected chi connectivity index (χ1v) is 7.59. The van der Waals surface area contributed by atoms with E-state index in [0.29, 0.717) is 11.6 Å². The molecule has 0 heterocycles. The van der Waals surface area contributed by atoms with Crippen molar-refractivity contribution in [1.82, 2.24) is 0 Å². The van der Waals surface area contributed by atoms with Crippen LogP contribution in [0, 0.1) is 5.82 Å². The van der Waals surface area contributed by atoms with Crippen LogP contribution in [0.5, 0.6) is 0 Å². The van der Waals surface area contributed by atoms with E-state index in [1.54, 1.807) is 24.8 Å². The second kappa shape index (κ2) is 7.00. The van der Waals surface area contributed by atoms with Crippen LogP contribution >= 0.6 is 11.8 Å². The van der Waals surface area contributed by atoms with Crippen LogP contribution in [-0.2, 0) is 0 Å². The molecule has 1 N–H and O–H groups in total. The Kier molecular flexibility index (Phi) is 5.96. The first-order valence-electron chi connectivity index (χ1n) is 6.20. The van der Waals surface area contributed by atoms with Crippen LogP contribution < -0.4 is 4.90 Å². The van der Waals surface area contributed by atoms with E-state index < -0.39 is 6.10 Å². The average molecular weight is 271 g/mol. The van der Waals surface area contributed by atoms with E-state index in [4.69, 9.17) is 0 Å². The van der Waals surface area contributed by atoms with Gasteiger partial charge in [0.2, 0.25) is 0 Å². The predicted octanol–water partition coefficient (Wildman–Crippen LogP) is 3.46. The van der Waals surface area contributed by atoms with Crippen LogP contribution in [0.4, 0.5) is 10.1 Å². The zero-order valence-electron chi connectivity index (χ0n) is 11.5. The van der Waals surface area contributed by atoms with Crippen molar-refractivity contribution in [2.45, 2.75) is 32.4 Å². The molecule has 0 fully saturated rings. The molecule has 0 spiro atoms. The minimum Gasteiger partial charge on any atom is -0.389 e. The van der Waals surface area contributed by atoms with Gasteiger partial charge in [0.1, 0.15) is 5.82 Å². The van der Waals surface area contributed by atoms with E-state index >= 15 is 0 Å². The summed E-state index contributed by atoms with van der Waals surface area (Å²) in [6.45, 7) is 3.81. The van der Waals surface area contributed by atoms with Gasteiger partial charge in [-0.15, -0.1) is 0 Å². The third-order valence-electron chi connectivity index (χ3n) is 3.20. The van der Waals surface area contributed by atoms with Crippen molar-refractivity contribution in [2.75, 3.05) is 24.0 Å². The number of aliphatic hydroxyl groups is 1. The van der Waals surface area contributed by atoms with E-state index in [1.807, 2.05) is 7.05 Å². The van der Waals surface area contributed by atoms with Crippen molar-refractivity contribution in [3.8, 4) is 0 Å². The van der Waals surface area contributed by atoms with Crippen LogP contribution in [-0.4, -0.2) is 30.2 Å². The monoisotopic (exact) mass is 271 g/mol. The first kappa shape index (κ1) is 15.3. The van der Waals surface area contributed by atoms with Gasteiger partial charge in [-0.05, 0) is 37.8 Å². The van der Waals surface area contributed by atoms with Crippen molar-refractivity contribution in [1.29, 1.82) is 0 Å². The molecule has 0 bridgehead atoms. The summed E-state index contributed by atoms with van der Waals surface area (Å²) in [6, 6.07) is 5.01. The van der Waals surface area contributed by atoms with Crippen LogP contribution in [0.2, 0.25) is 0 Å². The topological polar surface area (TPSA) is 23.5 Å². The number of anilines is 1. The number of thioether (sulfide) groups is 1. The Hall–Kier alpha value is -0.740. The second-order valence-electron chi connectivity index (χ2n) is 4.51. The SMILES string of the molecule is CCC(CSC)N(C)c1ccc(F)cc1[C@@H](C)O. The number of hydrogen-bond acceptors (Lipinski definition) is 3. The third kappa shape index (κ3) is 3.62. The highest BCUT2D eigenvalue weighted by Crippen LogP contribution is 2.29. The maximum atomic E-state index is 13.3. The van der Waals surface area contributed by atoms with Gasteiger partial charge in [-0.2, -0.15) is 11.8 Å². The minimum absolute atomic E-state index is 0.305. The maximum Gasteiger partial charge on any atom is 0.123 e. The van der Waals surface area contributed by atoms with Gasteiger partial charge >= 0.3 is 0 Å². The van der Waals surface area contributed by atoms with Crippen molar-refractivity contribution in [3.63, 3.8) is 0 Å². The Morgan fingerprint density at radius 3 is 2.61 bits per heavy atom. The molecule has 1 unspecified atom stereocenters. The van der Waals surface area contributed by atoms with Gasteiger partial charge in [-0.1, -0.05) is 6.92 Å². The molecule has 0 radical (unpaired) electrons. The Labute approximate surface area is 113 Å². The zero-order chi connectivity index (χ0) is 13.7. The lowest BCUT2D eigenvalue weighted by molar-refractivity contribution is 0.199. The Morgan fingerprint density at radius 2 is 2.11 bits per heavy atom. The normalized spacial score (nSPS) is 14.3. The highest BCUT2D eigenvalue weighted by molar-refractivity contribution is 7.98. The number of benzene rings is 1. The Balaban J connectivity index is 3.07. The lowest BCUT2D eigenvalue weighted by Crippen LogP contribution is -2.34. The van der Waals surface area contributed by atoms with Crippen LogP contribution in [0.3, 0.4) is 0 Å². The standard InChI is InChI=1S/C14H22FNOS/c1-5-12(9-18-4)16(3)14-7-6-11(15)8-13(14)10(2)17/h6-8,10,12,17H,5,9H2,1-4H3/t10-,12?/m1/s1. The molecule has 4 heteroatoms. The number of halogens is 1. The molecule has 0 aliphatic rings. The molecule has 1 aromatic rings. The van der Waals surface area contributed by atoms with Gasteiger partial charge in [0.05, 0.1) is 6.10 Å². The maximum absolute atomic E-state index is 13.3. The summed E-state index contributed by atoms with van der Waals surface area (Å²) in [4.78, 5) is 2.14. The van der Waals surface area contributed by atoms with Crippen molar-refractivity contribution in [3.05, 3.63) is 29.6 Å². The number of hydrogen-bond donors (Lipinski definition) is 1. The average Bonchev–Trinajstić information content (AvgIpc) is 2.35. The van der Waals surface area contributed by atoms with Gasteiger partial charge in [0, 0.05) is 30.1 Å². The zero-order valence-corrected chi connectivity index (χ0v) is 12.3. The van der Waals surface area contributed by atoms with E-state index in [2.05, 4.69) is 18.1 Å². The molecule has 0 amide bonds. The number of rotatable bonds is 6. The summed E-state index contributed by atoms with van der Waals surface area (Å²) in [6.07, 6.45) is 2.44. The number of nitrogens with zero attached hydrogens (tertiary/aromatic N) is 1. The Morgan fingerprint density at radius 1 is 1.44 bits per heavy atom. The van der Waals surface area contributed by atoms with Gasteiger partial charge in [-0.3, -0.25) is 0 Å². The third-order valence-corrected chi connectivity index (χ3v) is 3.92. The molecule has 1 rings (SSSR count). The first-order chi connectivity index (χ1) is 8.51. The lowest BCUT2D eigenvalue weighted by Gasteiger charge is -2.31. The summed E-state index contributed by atoms with van der Waals surface area (Å²) in [7, 11) is 2.00. The van der Waals surface area contributed by atoms with Crippen LogP contribution in [0.1, 0.15) is 31.9 Å². The van der Waals surface area contributed by atoms with E-state index in [0.717, 1.165) is 17.9 Å². The second-order valence-corrected chi connectivity index (χ2v) is 5.42. The van der Waals surface area contributed by atoms with Crippen LogP contribution in [0.15, 0.2) is 18.2 Å². The molecule has 2 nitrogen and oxygen atoms in total. The summed E-state index contributed by atoms with van der Waals surface area (Å²) >= 11 is 1.80. The fourth-order valence-electron chi connectivity index (χ4n) is 2.07. The summed E-state index contributed by atoms with van der Waals surface area (Å²) in [5.41, 5.74) is 1.56. The Bertz CT molecular complexity index is 384. The van der Waals surface area contributed by atoms with Crippen LogP contribution in [0.25, 0.3) is 0 Å². The largest absolute Gasteiger partial charge is 0.389 e. The molecule has 18 heavy (non-hydrogen) atoms. The highest BCUT2D eigenvalue weighted by atomic mass is 32.2. The quantitative estimate of drug-likeness (QED) is 0.857. The fraction of sp³-hybridized carbons (Fsp3) is 0.571. The summed E-state index contributed by atoms with van der Waals surface area (Å²) < 4.78 is 13.3. The minimum atomic E-state index is -0.662. The molecule has 0 saturated heterocycles. The van der Waals surface area contributed by atoms with Gasteiger partial charge in [0.25, 0.3) is 0 Å². The fourth-order valence-corrected chi connectivity index (χ4v) is 2.92. The highest BCUT2D eigenvalue weighted by Gasteiger charge is 2.18. The molecular weight excluding hydrogens is 249 g/mol. The van der Waals surface area contributed by atoms with Crippen molar-refractivity contribution in [2.24, 2.45) is 0 Å².